The molecule has 0 bridgehead atoms. The van der Waals surface area contributed by atoms with E-state index in [0.717, 1.165) is 4.57 Å². The second-order valence-corrected chi connectivity index (χ2v) is 3.63. The average molecular weight is 234 g/mol. The van der Waals surface area contributed by atoms with E-state index in [1.54, 1.807) is 24.3 Å². The van der Waals surface area contributed by atoms with Crippen LogP contribution in [-0.4, -0.2) is 22.8 Å². The van der Waals surface area contributed by atoms with Gasteiger partial charge in [-0.15, -0.1) is 0 Å². The van der Waals surface area contributed by atoms with Crippen molar-refractivity contribution in [3.05, 3.63) is 45.1 Å². The minimum Gasteiger partial charge on any atom is -0.380 e. The first-order chi connectivity index (χ1) is 8.24. The van der Waals surface area contributed by atoms with Gasteiger partial charge in [0.1, 0.15) is 0 Å². The van der Waals surface area contributed by atoms with Crippen LogP contribution >= 0.6 is 0 Å². The summed E-state index contributed by atoms with van der Waals surface area (Å²) < 4.78 is 6.31. The Bertz CT molecular complexity index is 627. The van der Waals surface area contributed by atoms with E-state index in [2.05, 4.69) is 4.98 Å². The molecule has 1 aromatic heterocycles. The quantitative estimate of drug-likeness (QED) is 0.793. The summed E-state index contributed by atoms with van der Waals surface area (Å²) in [6.07, 6.45) is 0. The Labute approximate surface area is 97.7 Å². The minimum atomic E-state index is -0.395. The number of nitrogens with zero attached hydrogens (tertiary/aromatic N) is 1. The predicted molar refractivity (Wildman–Crippen MR) is 65.3 cm³/mol. The molecule has 2 aromatic rings. The summed E-state index contributed by atoms with van der Waals surface area (Å²) in [6.45, 7) is 3.07. The lowest BCUT2D eigenvalue weighted by Gasteiger charge is -2.06. The smallest absolute Gasteiger partial charge is 0.328 e. The second-order valence-electron chi connectivity index (χ2n) is 3.63. The summed E-state index contributed by atoms with van der Waals surface area (Å²) in [4.78, 5) is 26.4. The lowest BCUT2D eigenvalue weighted by Crippen LogP contribution is -2.36. The van der Waals surface area contributed by atoms with Crippen molar-refractivity contribution in [2.45, 2.75) is 13.5 Å². The molecule has 0 aliphatic heterocycles. The van der Waals surface area contributed by atoms with E-state index < -0.39 is 5.69 Å². The van der Waals surface area contributed by atoms with E-state index in [0.29, 0.717) is 24.1 Å². The zero-order chi connectivity index (χ0) is 12.3. The highest BCUT2D eigenvalue weighted by Crippen LogP contribution is 2.02. The molecule has 0 aliphatic rings. The lowest BCUT2D eigenvalue weighted by molar-refractivity contribution is 0.137. The van der Waals surface area contributed by atoms with Crippen LogP contribution in [0.5, 0.6) is 0 Å². The molecule has 0 aliphatic carbocycles. The van der Waals surface area contributed by atoms with Crippen LogP contribution in [0, 0.1) is 0 Å². The molecule has 1 N–H and O–H groups in total. The highest BCUT2D eigenvalue weighted by molar-refractivity contribution is 5.76. The SMILES string of the molecule is CCOCCn1c(=O)[nH]c2ccccc2c1=O. The maximum absolute atomic E-state index is 12.0. The minimum absolute atomic E-state index is 0.271. The molecule has 5 heteroatoms. The molecule has 0 amide bonds. The maximum Gasteiger partial charge on any atom is 0.328 e. The highest BCUT2D eigenvalue weighted by atomic mass is 16.5. The largest absolute Gasteiger partial charge is 0.380 e. The van der Waals surface area contributed by atoms with Crippen molar-refractivity contribution in [1.82, 2.24) is 9.55 Å². The molecule has 17 heavy (non-hydrogen) atoms. The molecule has 0 fully saturated rings. The number of aromatic nitrogens is 2. The fourth-order valence-electron chi connectivity index (χ4n) is 1.70. The first kappa shape index (κ1) is 11.6. The van der Waals surface area contributed by atoms with Crippen LogP contribution in [0.25, 0.3) is 10.9 Å². The fraction of sp³-hybridized carbons (Fsp3) is 0.333. The van der Waals surface area contributed by atoms with E-state index in [-0.39, 0.29) is 12.1 Å². The van der Waals surface area contributed by atoms with E-state index in [1.165, 1.54) is 0 Å². The average Bonchev–Trinajstić information content (AvgIpc) is 2.33. The molecule has 5 nitrogen and oxygen atoms in total. The highest BCUT2D eigenvalue weighted by Gasteiger charge is 2.06. The molecule has 0 saturated heterocycles. The molecule has 0 spiro atoms. The zero-order valence-corrected chi connectivity index (χ0v) is 9.60. The van der Waals surface area contributed by atoms with Gasteiger partial charge in [-0.05, 0) is 19.1 Å². The monoisotopic (exact) mass is 234 g/mol. The molecule has 0 atom stereocenters. The first-order valence-corrected chi connectivity index (χ1v) is 5.53. The van der Waals surface area contributed by atoms with Crippen LogP contribution < -0.4 is 11.2 Å². The van der Waals surface area contributed by atoms with Gasteiger partial charge in [0.15, 0.2) is 0 Å². The van der Waals surface area contributed by atoms with Crippen molar-refractivity contribution < 1.29 is 4.74 Å². The topological polar surface area (TPSA) is 64.1 Å². The van der Waals surface area contributed by atoms with Gasteiger partial charge in [0, 0.05) is 6.61 Å². The Kier molecular flexibility index (Phi) is 3.39. The number of hydrogen-bond acceptors (Lipinski definition) is 3. The van der Waals surface area contributed by atoms with Crippen molar-refractivity contribution in [3.8, 4) is 0 Å². The number of ether oxygens (including phenoxy) is 1. The van der Waals surface area contributed by atoms with Crippen molar-refractivity contribution in [2.24, 2.45) is 0 Å². The third-order valence-electron chi connectivity index (χ3n) is 2.55. The van der Waals surface area contributed by atoms with Gasteiger partial charge in [0.05, 0.1) is 24.1 Å². The second kappa shape index (κ2) is 4.97. The Morgan fingerprint density at radius 1 is 1.29 bits per heavy atom. The summed E-state index contributed by atoms with van der Waals surface area (Å²) in [5, 5.41) is 0.517. The normalized spacial score (nSPS) is 10.9. The third kappa shape index (κ3) is 2.29. The van der Waals surface area contributed by atoms with Gasteiger partial charge in [0.25, 0.3) is 5.56 Å². The van der Waals surface area contributed by atoms with E-state index >= 15 is 0 Å². The van der Waals surface area contributed by atoms with Crippen molar-refractivity contribution in [2.75, 3.05) is 13.2 Å². The standard InChI is InChI=1S/C12H14N2O3/c1-2-17-8-7-14-11(15)9-5-3-4-6-10(9)13-12(14)16/h3-6H,2,7-8H2,1H3,(H,13,16). The summed E-state index contributed by atoms with van der Waals surface area (Å²) in [5.74, 6) is 0. The molecule has 0 saturated carbocycles. The van der Waals surface area contributed by atoms with E-state index in [1.807, 2.05) is 6.92 Å². The number of para-hydroxylation sites is 1. The molecule has 0 radical (unpaired) electrons. The van der Waals surface area contributed by atoms with Gasteiger partial charge in [-0.25, -0.2) is 4.79 Å². The Morgan fingerprint density at radius 2 is 2.06 bits per heavy atom. The summed E-state index contributed by atoms with van der Waals surface area (Å²) in [7, 11) is 0. The van der Waals surface area contributed by atoms with E-state index in [4.69, 9.17) is 4.74 Å². The number of hydrogen-bond donors (Lipinski definition) is 1. The van der Waals surface area contributed by atoms with Gasteiger partial charge in [-0.3, -0.25) is 9.36 Å². The van der Waals surface area contributed by atoms with Crippen LogP contribution in [0.4, 0.5) is 0 Å². The molecular formula is C12H14N2O3. The van der Waals surface area contributed by atoms with E-state index in [9.17, 15) is 9.59 Å². The van der Waals surface area contributed by atoms with Gasteiger partial charge in [-0.2, -0.15) is 0 Å². The van der Waals surface area contributed by atoms with Crippen LogP contribution in [0.3, 0.4) is 0 Å². The summed E-state index contributed by atoms with van der Waals surface area (Å²) in [6, 6.07) is 6.97. The number of fused-ring (bicyclic) bond motifs is 1. The molecule has 0 unspecified atom stereocenters. The van der Waals surface area contributed by atoms with Crippen LogP contribution in [0.15, 0.2) is 33.9 Å². The van der Waals surface area contributed by atoms with Crippen LogP contribution in [0.2, 0.25) is 0 Å². The number of nitrogens with one attached hydrogen (secondary N) is 1. The number of H-pyrrole nitrogens is 1. The van der Waals surface area contributed by atoms with Crippen LogP contribution in [-0.2, 0) is 11.3 Å². The Morgan fingerprint density at radius 3 is 2.82 bits per heavy atom. The van der Waals surface area contributed by atoms with Crippen LogP contribution in [0.1, 0.15) is 6.92 Å². The van der Waals surface area contributed by atoms with Gasteiger partial charge < -0.3 is 9.72 Å². The molecule has 1 heterocycles. The molecule has 90 valence electrons. The number of benzene rings is 1. The van der Waals surface area contributed by atoms with Crippen molar-refractivity contribution >= 4 is 10.9 Å². The number of aromatic amines is 1. The van der Waals surface area contributed by atoms with Gasteiger partial charge >= 0.3 is 5.69 Å². The molecule has 1 aromatic carbocycles. The molecular weight excluding hydrogens is 220 g/mol. The lowest BCUT2D eigenvalue weighted by atomic mass is 10.2. The van der Waals surface area contributed by atoms with Gasteiger partial charge in [0.2, 0.25) is 0 Å². The fourth-order valence-corrected chi connectivity index (χ4v) is 1.70. The first-order valence-electron chi connectivity index (χ1n) is 5.53. The van der Waals surface area contributed by atoms with Crippen molar-refractivity contribution in [1.29, 1.82) is 0 Å². The predicted octanol–water partition coefficient (Wildman–Crippen LogP) is 0.726. The Balaban J connectivity index is 2.49. The summed E-state index contributed by atoms with van der Waals surface area (Å²) in [5.41, 5.74) is -0.104. The summed E-state index contributed by atoms with van der Waals surface area (Å²) >= 11 is 0. The third-order valence-corrected chi connectivity index (χ3v) is 2.55. The number of rotatable bonds is 4. The maximum atomic E-state index is 12.0. The Hall–Kier alpha value is -1.88. The van der Waals surface area contributed by atoms with Crippen molar-refractivity contribution in [3.63, 3.8) is 0 Å². The van der Waals surface area contributed by atoms with Gasteiger partial charge in [-0.1, -0.05) is 12.1 Å². The molecule has 2 rings (SSSR count). The zero-order valence-electron chi connectivity index (χ0n) is 9.60.